The molecule has 1 N–H and O–H groups in total. The Morgan fingerprint density at radius 3 is 2.70 bits per heavy atom. The zero-order valence-electron chi connectivity index (χ0n) is 14.7. The Balaban J connectivity index is 2.63. The molecule has 126 valence electrons. The van der Waals surface area contributed by atoms with Gasteiger partial charge in [-0.25, -0.2) is 0 Å². The summed E-state index contributed by atoms with van der Waals surface area (Å²) in [5.74, 6) is 6.81. The summed E-state index contributed by atoms with van der Waals surface area (Å²) in [6.45, 7) is 7.79. The lowest BCUT2D eigenvalue weighted by Crippen LogP contribution is -2.18. The van der Waals surface area contributed by atoms with E-state index in [4.69, 9.17) is 9.47 Å². The molecule has 0 aliphatic heterocycles. The second-order valence-corrected chi connectivity index (χ2v) is 6.43. The normalized spacial score (nSPS) is 11.6. The Bertz CT molecular complexity index is 577. The van der Waals surface area contributed by atoms with E-state index in [-0.39, 0.29) is 18.0 Å². The highest BCUT2D eigenvalue weighted by Gasteiger charge is 2.10. The summed E-state index contributed by atoms with van der Waals surface area (Å²) in [4.78, 5) is 2.11. The molecule has 1 aromatic carbocycles. The molecular weight excluding hydrogens is 290 g/mol. The van der Waals surface area contributed by atoms with Gasteiger partial charge in [-0.1, -0.05) is 30.0 Å². The van der Waals surface area contributed by atoms with Crippen molar-refractivity contribution in [2.45, 2.75) is 27.3 Å². The largest absolute Gasteiger partial charge is 0.504 e. The van der Waals surface area contributed by atoms with Gasteiger partial charge in [0.25, 0.3) is 0 Å². The van der Waals surface area contributed by atoms with Gasteiger partial charge < -0.3 is 14.6 Å². The van der Waals surface area contributed by atoms with Gasteiger partial charge in [-0.05, 0) is 40.0 Å². The molecule has 0 amide bonds. The van der Waals surface area contributed by atoms with E-state index in [9.17, 15) is 5.11 Å². The predicted molar refractivity (Wildman–Crippen MR) is 93.3 cm³/mol. The number of phenolic OH excluding ortho intramolecular Hbond substituents is 1. The van der Waals surface area contributed by atoms with Crippen molar-refractivity contribution in [2.75, 3.05) is 27.5 Å². The number of likely N-dealkylation sites (N-methyl/N-ethyl adjacent to an activating group) is 1. The third kappa shape index (κ3) is 7.73. The van der Waals surface area contributed by atoms with Gasteiger partial charge >= 0.3 is 0 Å². The summed E-state index contributed by atoms with van der Waals surface area (Å²) in [7, 11) is 3.56. The van der Waals surface area contributed by atoms with Crippen LogP contribution >= 0.6 is 0 Å². The zero-order valence-corrected chi connectivity index (χ0v) is 14.7. The molecule has 0 aliphatic carbocycles. The minimum Gasteiger partial charge on any atom is -0.504 e. The molecule has 0 saturated heterocycles. The molecule has 1 aromatic rings. The molecule has 0 unspecified atom stereocenters. The van der Waals surface area contributed by atoms with Crippen molar-refractivity contribution in [3.8, 4) is 23.3 Å². The Morgan fingerprint density at radius 2 is 2.04 bits per heavy atom. The fourth-order valence-electron chi connectivity index (χ4n) is 1.89. The van der Waals surface area contributed by atoms with Crippen LogP contribution in [-0.2, 0) is 11.3 Å². The number of rotatable bonds is 7. The molecular formula is C19H27NO3. The van der Waals surface area contributed by atoms with Gasteiger partial charge in [0.05, 0.1) is 0 Å². The van der Waals surface area contributed by atoms with Gasteiger partial charge in [-0.15, -0.1) is 0 Å². The molecule has 0 aliphatic rings. The molecule has 0 fully saturated rings. The van der Waals surface area contributed by atoms with Crippen LogP contribution in [0.4, 0.5) is 0 Å². The highest BCUT2D eigenvalue weighted by atomic mass is 16.7. The summed E-state index contributed by atoms with van der Waals surface area (Å²) in [5.41, 5.74) is 0.935. The van der Waals surface area contributed by atoms with Crippen LogP contribution in [0.5, 0.6) is 11.5 Å². The molecule has 0 radical (unpaired) electrons. The van der Waals surface area contributed by atoms with E-state index in [1.54, 1.807) is 13.2 Å². The molecule has 0 atom stereocenters. The number of hydrogen-bond donors (Lipinski definition) is 1. The molecule has 4 nitrogen and oxygen atoms in total. The zero-order chi connectivity index (χ0) is 17.3. The van der Waals surface area contributed by atoms with Crippen LogP contribution in [0.15, 0.2) is 30.4 Å². The van der Waals surface area contributed by atoms with Crippen LogP contribution in [0.1, 0.15) is 26.3 Å². The number of para-hydroxylation sites is 1. The van der Waals surface area contributed by atoms with Crippen LogP contribution < -0.4 is 4.74 Å². The van der Waals surface area contributed by atoms with Crippen molar-refractivity contribution < 1.29 is 14.6 Å². The Labute approximate surface area is 139 Å². The summed E-state index contributed by atoms with van der Waals surface area (Å²) in [6, 6.07) is 5.35. The van der Waals surface area contributed by atoms with Crippen molar-refractivity contribution in [3.05, 3.63) is 35.9 Å². The minimum atomic E-state index is 0.0192. The SMILES string of the molecule is COCOc1c(O)cccc1CN(C)CC=CC#CC(C)(C)C. The van der Waals surface area contributed by atoms with Gasteiger partial charge in [0.2, 0.25) is 0 Å². The van der Waals surface area contributed by atoms with Gasteiger partial charge in [-0.3, -0.25) is 4.90 Å². The van der Waals surface area contributed by atoms with Crippen molar-refractivity contribution in [3.63, 3.8) is 0 Å². The standard InChI is InChI=1S/C19H27NO3/c1-19(2,3)12-7-6-8-13-20(4)14-16-10-9-11-17(21)18(16)23-15-22-5/h6,8-11,21H,13-15H2,1-5H3. The summed E-state index contributed by atoms with van der Waals surface area (Å²) in [5, 5.41) is 9.92. The molecule has 23 heavy (non-hydrogen) atoms. The number of methoxy groups -OCH3 is 1. The maximum Gasteiger partial charge on any atom is 0.188 e. The van der Waals surface area contributed by atoms with Crippen LogP contribution in [0, 0.1) is 17.3 Å². The first-order valence-electron chi connectivity index (χ1n) is 7.62. The van der Waals surface area contributed by atoms with Gasteiger partial charge in [0.15, 0.2) is 18.3 Å². The highest BCUT2D eigenvalue weighted by molar-refractivity contribution is 5.45. The summed E-state index contributed by atoms with van der Waals surface area (Å²) >= 11 is 0. The number of allylic oxidation sites excluding steroid dienone is 1. The maximum atomic E-state index is 9.92. The monoisotopic (exact) mass is 317 g/mol. The number of ether oxygens (including phenoxy) is 2. The van der Waals surface area contributed by atoms with Gasteiger partial charge in [-0.2, -0.15) is 0 Å². The second-order valence-electron chi connectivity index (χ2n) is 6.43. The smallest absolute Gasteiger partial charge is 0.188 e. The van der Waals surface area contributed by atoms with E-state index in [0.717, 1.165) is 12.1 Å². The Kier molecular flexibility index (Phi) is 7.67. The second kappa shape index (κ2) is 9.24. The molecule has 1 rings (SSSR count). The maximum absolute atomic E-state index is 9.92. The Hall–Kier alpha value is -1.96. The lowest BCUT2D eigenvalue weighted by Gasteiger charge is -2.18. The summed E-state index contributed by atoms with van der Waals surface area (Å²) in [6.07, 6.45) is 3.91. The van der Waals surface area contributed by atoms with Crippen LogP contribution in [0.25, 0.3) is 0 Å². The van der Waals surface area contributed by atoms with Crippen molar-refractivity contribution in [2.24, 2.45) is 5.41 Å². The van der Waals surface area contributed by atoms with Crippen LogP contribution in [-0.4, -0.2) is 37.5 Å². The van der Waals surface area contributed by atoms with E-state index < -0.39 is 0 Å². The van der Waals surface area contributed by atoms with E-state index in [0.29, 0.717) is 12.3 Å². The Morgan fingerprint density at radius 1 is 1.30 bits per heavy atom. The highest BCUT2D eigenvalue weighted by Crippen LogP contribution is 2.30. The molecule has 0 bridgehead atoms. The fraction of sp³-hybridized carbons (Fsp3) is 0.474. The lowest BCUT2D eigenvalue weighted by atomic mass is 9.98. The first kappa shape index (κ1) is 19.1. The van der Waals surface area contributed by atoms with Gasteiger partial charge in [0, 0.05) is 31.2 Å². The third-order valence-corrected chi connectivity index (χ3v) is 2.90. The topological polar surface area (TPSA) is 41.9 Å². The first-order chi connectivity index (χ1) is 10.8. The number of phenols is 1. The molecule has 0 saturated carbocycles. The number of benzene rings is 1. The molecule has 4 heteroatoms. The number of nitrogens with zero attached hydrogens (tertiary/aromatic N) is 1. The number of hydrogen-bond acceptors (Lipinski definition) is 4. The van der Waals surface area contributed by atoms with E-state index >= 15 is 0 Å². The van der Waals surface area contributed by atoms with Crippen molar-refractivity contribution >= 4 is 0 Å². The quantitative estimate of drug-likeness (QED) is 0.618. The third-order valence-electron chi connectivity index (χ3n) is 2.90. The van der Waals surface area contributed by atoms with Gasteiger partial charge in [0.1, 0.15) is 0 Å². The predicted octanol–water partition coefficient (Wildman–Crippen LogP) is 3.41. The summed E-state index contributed by atoms with van der Waals surface area (Å²) < 4.78 is 10.4. The van der Waals surface area contributed by atoms with Crippen LogP contribution in [0.2, 0.25) is 0 Å². The van der Waals surface area contributed by atoms with Crippen molar-refractivity contribution in [1.82, 2.24) is 4.90 Å². The van der Waals surface area contributed by atoms with E-state index in [2.05, 4.69) is 37.5 Å². The molecule has 0 aromatic heterocycles. The lowest BCUT2D eigenvalue weighted by molar-refractivity contribution is 0.0480. The van der Waals surface area contributed by atoms with E-state index in [1.165, 1.54) is 0 Å². The average Bonchev–Trinajstić information content (AvgIpc) is 2.45. The first-order valence-corrected chi connectivity index (χ1v) is 7.62. The molecule has 0 spiro atoms. The van der Waals surface area contributed by atoms with Crippen LogP contribution in [0.3, 0.4) is 0 Å². The van der Waals surface area contributed by atoms with E-state index in [1.807, 2.05) is 31.3 Å². The average molecular weight is 317 g/mol. The molecule has 0 heterocycles. The van der Waals surface area contributed by atoms with Crippen molar-refractivity contribution in [1.29, 1.82) is 0 Å². The minimum absolute atomic E-state index is 0.0192. The number of aromatic hydroxyl groups is 1. The fourth-order valence-corrected chi connectivity index (χ4v) is 1.89.